The van der Waals surface area contributed by atoms with Gasteiger partial charge in [-0.05, 0) is 23.5 Å². The molecule has 130 valence electrons. The van der Waals surface area contributed by atoms with Gasteiger partial charge in [0.05, 0.1) is 0 Å². The first-order valence-electron chi connectivity index (χ1n) is 8.68. The zero-order valence-electron chi connectivity index (χ0n) is 14.2. The second-order valence-electron chi connectivity index (χ2n) is 6.99. The Morgan fingerprint density at radius 1 is 1.36 bits per heavy atom. The van der Waals surface area contributed by atoms with Gasteiger partial charge < -0.3 is 4.90 Å². The van der Waals surface area contributed by atoms with E-state index in [1.807, 2.05) is 11.0 Å². The number of carbonyl (C=O) groups is 1. The Morgan fingerprint density at radius 2 is 2.20 bits per heavy atom. The van der Waals surface area contributed by atoms with E-state index in [1.54, 1.807) is 5.38 Å². The summed E-state index contributed by atoms with van der Waals surface area (Å²) in [7, 11) is 0. The molecule has 1 amide bonds. The number of hydrogen-bond donors (Lipinski definition) is 0. The molecule has 2 aliphatic heterocycles. The van der Waals surface area contributed by atoms with Gasteiger partial charge in [0.15, 0.2) is 5.69 Å². The van der Waals surface area contributed by atoms with E-state index in [0.717, 1.165) is 39.1 Å². The minimum Gasteiger partial charge on any atom is -0.337 e. The Labute approximate surface area is 152 Å². The molecular weight excluding hydrogens is 332 g/mol. The van der Waals surface area contributed by atoms with Crippen LogP contribution in [0.1, 0.15) is 22.5 Å². The summed E-state index contributed by atoms with van der Waals surface area (Å²) in [6, 6.07) is 10.8. The molecule has 6 heteroatoms. The number of nitrogens with zero attached hydrogens (tertiary/aromatic N) is 4. The molecule has 2 atom stereocenters. The number of aromatic nitrogens is 2. The zero-order valence-corrected chi connectivity index (χ0v) is 15.0. The first-order chi connectivity index (χ1) is 12.2. The van der Waals surface area contributed by atoms with Crippen LogP contribution in [-0.2, 0) is 5.41 Å². The Kier molecular flexibility index (Phi) is 4.39. The predicted molar refractivity (Wildman–Crippen MR) is 98.7 cm³/mol. The van der Waals surface area contributed by atoms with Gasteiger partial charge in [0.1, 0.15) is 0 Å². The monoisotopic (exact) mass is 354 g/mol. The van der Waals surface area contributed by atoms with Gasteiger partial charge in [-0.3, -0.25) is 9.69 Å². The lowest BCUT2D eigenvalue weighted by Crippen LogP contribution is -2.51. The first kappa shape index (κ1) is 16.4. The highest BCUT2D eigenvalue weighted by Crippen LogP contribution is 2.45. The fourth-order valence-corrected chi connectivity index (χ4v) is 4.88. The molecule has 2 saturated heterocycles. The highest BCUT2D eigenvalue weighted by atomic mass is 32.1. The van der Waals surface area contributed by atoms with Crippen LogP contribution < -0.4 is 0 Å². The molecule has 5 nitrogen and oxygen atoms in total. The maximum absolute atomic E-state index is 12.7. The van der Waals surface area contributed by atoms with Crippen LogP contribution in [0, 0.1) is 5.92 Å². The van der Waals surface area contributed by atoms with E-state index < -0.39 is 0 Å². The minimum atomic E-state index is 0.0117. The third-order valence-corrected chi connectivity index (χ3v) is 6.14. The van der Waals surface area contributed by atoms with Crippen LogP contribution in [-0.4, -0.2) is 58.0 Å². The zero-order chi connectivity index (χ0) is 17.3. The number of piperidine rings is 1. The van der Waals surface area contributed by atoms with Gasteiger partial charge in [0, 0.05) is 49.4 Å². The van der Waals surface area contributed by atoms with Gasteiger partial charge in [0.2, 0.25) is 0 Å². The molecule has 0 saturated carbocycles. The first-order valence-corrected chi connectivity index (χ1v) is 9.52. The standard InChI is InChI=1S/C19H22N4OS/c1-2-9-22-11-16-12-23(18(24)17-13-25-21-20-17)10-8-19(16,14-22)15-6-4-3-5-7-15/h2-7,13,16H,1,8-12,14H2/t16-,19-/m0/s1. The van der Waals surface area contributed by atoms with E-state index in [0.29, 0.717) is 11.6 Å². The number of amides is 1. The van der Waals surface area contributed by atoms with Crippen molar-refractivity contribution in [3.63, 3.8) is 0 Å². The van der Waals surface area contributed by atoms with Gasteiger partial charge in [-0.25, -0.2) is 0 Å². The smallest absolute Gasteiger partial charge is 0.275 e. The van der Waals surface area contributed by atoms with Crippen molar-refractivity contribution in [3.8, 4) is 0 Å². The molecule has 0 radical (unpaired) electrons. The quantitative estimate of drug-likeness (QED) is 0.792. The third kappa shape index (κ3) is 2.89. The molecule has 0 unspecified atom stereocenters. The number of rotatable bonds is 4. The lowest BCUT2D eigenvalue weighted by atomic mass is 9.68. The summed E-state index contributed by atoms with van der Waals surface area (Å²) in [6.07, 6.45) is 2.96. The van der Waals surface area contributed by atoms with Crippen molar-refractivity contribution in [2.24, 2.45) is 5.92 Å². The molecule has 2 aromatic rings. The van der Waals surface area contributed by atoms with Gasteiger partial charge in [-0.2, -0.15) is 0 Å². The van der Waals surface area contributed by atoms with Crippen molar-refractivity contribution < 1.29 is 4.79 Å². The summed E-state index contributed by atoms with van der Waals surface area (Å²) in [6.45, 7) is 8.37. The van der Waals surface area contributed by atoms with Crippen LogP contribution in [0.2, 0.25) is 0 Å². The van der Waals surface area contributed by atoms with Gasteiger partial charge in [-0.15, -0.1) is 11.7 Å². The molecule has 2 fully saturated rings. The Balaban J connectivity index is 1.61. The van der Waals surface area contributed by atoms with E-state index in [2.05, 4.69) is 51.4 Å². The van der Waals surface area contributed by atoms with Crippen molar-refractivity contribution in [2.75, 3.05) is 32.7 Å². The maximum atomic E-state index is 12.7. The molecule has 0 aliphatic carbocycles. The Bertz CT molecular complexity index is 748. The second kappa shape index (κ2) is 6.69. The molecule has 0 spiro atoms. The minimum absolute atomic E-state index is 0.0117. The number of fused-ring (bicyclic) bond motifs is 1. The summed E-state index contributed by atoms with van der Waals surface area (Å²) in [5, 5.41) is 5.69. The van der Waals surface area contributed by atoms with Gasteiger partial charge in [-0.1, -0.05) is 40.9 Å². The van der Waals surface area contributed by atoms with E-state index in [4.69, 9.17) is 0 Å². The average molecular weight is 354 g/mol. The molecule has 3 heterocycles. The third-order valence-electron chi connectivity index (χ3n) is 5.64. The molecule has 25 heavy (non-hydrogen) atoms. The molecule has 2 aliphatic rings. The predicted octanol–water partition coefficient (Wildman–Crippen LogP) is 2.44. The van der Waals surface area contributed by atoms with Crippen molar-refractivity contribution in [1.29, 1.82) is 0 Å². The number of carbonyl (C=O) groups excluding carboxylic acids is 1. The van der Waals surface area contributed by atoms with E-state index in [1.165, 1.54) is 17.1 Å². The number of likely N-dealkylation sites (tertiary alicyclic amines) is 2. The van der Waals surface area contributed by atoms with Crippen LogP contribution in [0.3, 0.4) is 0 Å². The van der Waals surface area contributed by atoms with E-state index in [-0.39, 0.29) is 11.3 Å². The fraction of sp³-hybridized carbons (Fsp3) is 0.421. The number of benzene rings is 1. The second-order valence-corrected chi connectivity index (χ2v) is 7.60. The van der Waals surface area contributed by atoms with Crippen LogP contribution >= 0.6 is 11.5 Å². The lowest BCUT2D eigenvalue weighted by Gasteiger charge is -2.44. The average Bonchev–Trinajstić information content (AvgIpc) is 3.29. The van der Waals surface area contributed by atoms with Gasteiger partial charge in [0.25, 0.3) is 5.91 Å². The van der Waals surface area contributed by atoms with Crippen LogP contribution in [0.4, 0.5) is 0 Å². The topological polar surface area (TPSA) is 49.3 Å². The highest BCUT2D eigenvalue weighted by molar-refractivity contribution is 7.03. The van der Waals surface area contributed by atoms with Crippen molar-refractivity contribution in [1.82, 2.24) is 19.4 Å². The summed E-state index contributed by atoms with van der Waals surface area (Å²) < 4.78 is 3.83. The van der Waals surface area contributed by atoms with Crippen LogP contribution in [0.25, 0.3) is 0 Å². The highest BCUT2D eigenvalue weighted by Gasteiger charge is 2.50. The van der Waals surface area contributed by atoms with Crippen LogP contribution in [0.15, 0.2) is 48.4 Å². The molecule has 1 aromatic heterocycles. The summed E-state index contributed by atoms with van der Waals surface area (Å²) in [5.74, 6) is 0.441. The Morgan fingerprint density at radius 3 is 2.92 bits per heavy atom. The molecular formula is C19H22N4OS. The van der Waals surface area contributed by atoms with Crippen molar-refractivity contribution in [3.05, 3.63) is 59.6 Å². The summed E-state index contributed by atoms with van der Waals surface area (Å²) >= 11 is 1.23. The number of hydrogen-bond acceptors (Lipinski definition) is 5. The molecule has 0 N–H and O–H groups in total. The largest absolute Gasteiger partial charge is 0.337 e. The van der Waals surface area contributed by atoms with Crippen LogP contribution in [0.5, 0.6) is 0 Å². The lowest BCUT2D eigenvalue weighted by molar-refractivity contribution is 0.0597. The molecule has 4 rings (SSSR count). The fourth-order valence-electron chi connectivity index (χ4n) is 4.45. The van der Waals surface area contributed by atoms with Gasteiger partial charge >= 0.3 is 0 Å². The van der Waals surface area contributed by atoms with Crippen molar-refractivity contribution in [2.45, 2.75) is 11.8 Å². The maximum Gasteiger partial charge on any atom is 0.275 e. The normalized spacial score (nSPS) is 26.4. The van der Waals surface area contributed by atoms with E-state index >= 15 is 0 Å². The SMILES string of the molecule is C=CCN1C[C@H]2CN(C(=O)c3csnn3)CC[C@@]2(c2ccccc2)C1. The van der Waals surface area contributed by atoms with E-state index in [9.17, 15) is 4.79 Å². The summed E-state index contributed by atoms with van der Waals surface area (Å²) in [4.78, 5) is 17.1. The Hall–Kier alpha value is -2.05. The van der Waals surface area contributed by atoms with Crippen molar-refractivity contribution >= 4 is 17.4 Å². The molecule has 0 bridgehead atoms. The summed E-state index contributed by atoms with van der Waals surface area (Å²) in [5.41, 5.74) is 1.99. The molecule has 1 aromatic carbocycles.